The number of rotatable bonds is 15. The molecule has 0 N–H and O–H groups in total. The average Bonchev–Trinajstić information content (AvgIpc) is 3.26. The van der Waals surface area contributed by atoms with Gasteiger partial charge < -0.3 is 23.4 Å². The maximum absolute atomic E-state index is 6.82. The molecule has 0 bridgehead atoms. The Kier molecular flexibility index (Phi) is 11.9. The zero-order valence-electron chi connectivity index (χ0n) is 25.2. The van der Waals surface area contributed by atoms with Crippen LogP contribution in [0.15, 0.2) is 30.4 Å². The van der Waals surface area contributed by atoms with Crippen LogP contribution in [-0.4, -0.2) is 42.2 Å². The Hall–Kier alpha value is -1.60. The Balaban J connectivity index is 2.57. The van der Waals surface area contributed by atoms with Crippen LogP contribution in [0, 0.1) is 11.8 Å². The van der Waals surface area contributed by atoms with Crippen molar-refractivity contribution < 1.29 is 23.4 Å². The summed E-state index contributed by atoms with van der Waals surface area (Å²) in [7, 11) is 1.39. The van der Waals surface area contributed by atoms with Gasteiger partial charge in [-0.25, -0.2) is 0 Å². The number of hydrogen-bond donors (Lipinski definition) is 0. The normalized spacial score (nSPS) is 19.0. The van der Waals surface area contributed by atoms with Gasteiger partial charge in [-0.05, 0) is 74.5 Å². The summed E-state index contributed by atoms with van der Waals surface area (Å²) >= 11 is 0. The van der Waals surface area contributed by atoms with Crippen molar-refractivity contribution in [1.82, 2.24) is 0 Å². The van der Waals surface area contributed by atoms with E-state index >= 15 is 0 Å². The predicted molar refractivity (Wildman–Crippen MR) is 157 cm³/mol. The molecule has 37 heavy (non-hydrogen) atoms. The standard InChI is InChI=1S/C31H52O5Si/c1-12-13-14-15-24-16-28(34-20-32-8)30(29(17-24)35-21-33-9)27-19-25(18-26(27)22(2)3)23(4)36-37(10,11)31(5,6)7/h16-17,19,23,25-26H,2,12-15,18,20-21H2,1,3-11H3/t23?,25-,26+/m1/s1. The van der Waals surface area contributed by atoms with E-state index in [-0.39, 0.29) is 36.6 Å². The minimum Gasteiger partial charge on any atom is -0.467 e. The molecule has 0 spiro atoms. The van der Waals surface area contributed by atoms with Crippen molar-refractivity contribution in [2.24, 2.45) is 11.8 Å². The molecule has 1 aliphatic rings. The van der Waals surface area contributed by atoms with E-state index in [1.165, 1.54) is 24.0 Å². The minimum atomic E-state index is -1.90. The first-order valence-corrected chi connectivity index (χ1v) is 16.7. The van der Waals surface area contributed by atoms with Crippen molar-refractivity contribution >= 4 is 13.9 Å². The molecule has 1 unspecified atom stereocenters. The van der Waals surface area contributed by atoms with E-state index in [0.29, 0.717) is 0 Å². The van der Waals surface area contributed by atoms with Gasteiger partial charge in [0.25, 0.3) is 0 Å². The zero-order valence-corrected chi connectivity index (χ0v) is 26.2. The molecule has 1 aromatic rings. The number of aryl methyl sites for hydroxylation is 1. The highest BCUT2D eigenvalue weighted by Gasteiger charge is 2.41. The van der Waals surface area contributed by atoms with Crippen LogP contribution in [0.1, 0.15) is 78.4 Å². The number of hydrogen-bond acceptors (Lipinski definition) is 5. The molecule has 0 saturated heterocycles. The highest BCUT2D eigenvalue weighted by molar-refractivity contribution is 6.74. The Bertz CT molecular complexity index is 886. The van der Waals surface area contributed by atoms with Gasteiger partial charge in [0.2, 0.25) is 0 Å². The molecule has 0 saturated carbocycles. The fraction of sp³-hybridized carbons (Fsp3) is 0.677. The Labute approximate surface area is 227 Å². The van der Waals surface area contributed by atoms with Gasteiger partial charge in [-0.3, -0.25) is 0 Å². The van der Waals surface area contributed by atoms with Crippen LogP contribution in [0.2, 0.25) is 18.1 Å². The molecule has 0 heterocycles. The Morgan fingerprint density at radius 3 is 2.08 bits per heavy atom. The molecule has 0 aliphatic heterocycles. The topological polar surface area (TPSA) is 46.2 Å². The van der Waals surface area contributed by atoms with Gasteiger partial charge in [-0.1, -0.05) is 58.8 Å². The van der Waals surface area contributed by atoms with Gasteiger partial charge in [0.15, 0.2) is 21.9 Å². The summed E-state index contributed by atoms with van der Waals surface area (Å²) in [5.41, 5.74) is 4.51. The van der Waals surface area contributed by atoms with Gasteiger partial charge in [0.1, 0.15) is 11.5 Å². The fourth-order valence-electron chi connectivity index (χ4n) is 4.72. The molecular weight excluding hydrogens is 480 g/mol. The molecule has 210 valence electrons. The highest BCUT2D eigenvalue weighted by atomic mass is 28.4. The van der Waals surface area contributed by atoms with Crippen molar-refractivity contribution in [1.29, 1.82) is 0 Å². The zero-order chi connectivity index (χ0) is 27.8. The van der Waals surface area contributed by atoms with Crippen LogP contribution in [0.25, 0.3) is 5.57 Å². The van der Waals surface area contributed by atoms with Crippen molar-refractivity contribution in [3.8, 4) is 11.5 Å². The lowest BCUT2D eigenvalue weighted by molar-refractivity contribution is 0.0455. The number of methoxy groups -OCH3 is 2. The molecule has 2 rings (SSSR count). The van der Waals surface area contributed by atoms with E-state index in [2.05, 4.69) is 79.4 Å². The first-order valence-electron chi connectivity index (χ1n) is 13.8. The Morgan fingerprint density at radius 2 is 1.62 bits per heavy atom. The molecule has 0 fully saturated rings. The van der Waals surface area contributed by atoms with E-state index in [0.717, 1.165) is 41.9 Å². The van der Waals surface area contributed by atoms with E-state index in [1.807, 2.05) is 0 Å². The van der Waals surface area contributed by atoms with Crippen molar-refractivity contribution in [3.63, 3.8) is 0 Å². The smallest absolute Gasteiger partial charge is 0.192 e. The van der Waals surface area contributed by atoms with E-state index in [4.69, 9.17) is 23.4 Å². The third kappa shape index (κ3) is 8.44. The first kappa shape index (κ1) is 31.6. The van der Waals surface area contributed by atoms with E-state index in [9.17, 15) is 0 Å². The third-order valence-corrected chi connectivity index (χ3v) is 12.5. The van der Waals surface area contributed by atoms with Crippen LogP contribution < -0.4 is 9.47 Å². The third-order valence-electron chi connectivity index (χ3n) is 7.91. The molecular formula is C31H52O5Si. The summed E-state index contributed by atoms with van der Waals surface area (Å²) in [6, 6.07) is 4.31. The lowest BCUT2D eigenvalue weighted by Gasteiger charge is -2.39. The first-order chi connectivity index (χ1) is 17.4. The second-order valence-electron chi connectivity index (χ2n) is 12.0. The molecule has 0 amide bonds. The SMILES string of the molecule is C=C(C)[C@@H]1C[C@@H](C(C)O[Si](C)(C)C(C)(C)C)C=C1c1c(OCOC)cc(CCCCC)cc1OCOC. The molecule has 0 aromatic heterocycles. The molecule has 6 heteroatoms. The van der Waals surface area contributed by atoms with Crippen LogP contribution in [-0.2, 0) is 20.3 Å². The van der Waals surface area contributed by atoms with Crippen LogP contribution >= 0.6 is 0 Å². The number of ether oxygens (including phenoxy) is 4. The summed E-state index contributed by atoms with van der Waals surface area (Å²) in [5.74, 6) is 2.05. The molecule has 3 atom stereocenters. The van der Waals surface area contributed by atoms with Crippen molar-refractivity contribution in [2.75, 3.05) is 27.8 Å². The number of benzene rings is 1. The second-order valence-corrected chi connectivity index (χ2v) is 16.8. The summed E-state index contributed by atoms with van der Waals surface area (Å²) in [6.45, 7) is 22.8. The van der Waals surface area contributed by atoms with Crippen LogP contribution in [0.4, 0.5) is 0 Å². The van der Waals surface area contributed by atoms with Gasteiger partial charge in [-0.15, -0.1) is 0 Å². The van der Waals surface area contributed by atoms with Gasteiger partial charge >= 0.3 is 0 Å². The van der Waals surface area contributed by atoms with Gasteiger partial charge in [0.05, 0.1) is 5.56 Å². The second kappa shape index (κ2) is 14.0. The average molecular weight is 533 g/mol. The summed E-state index contributed by atoms with van der Waals surface area (Å²) in [5, 5.41) is 0.163. The van der Waals surface area contributed by atoms with Crippen LogP contribution in [0.3, 0.4) is 0 Å². The van der Waals surface area contributed by atoms with Crippen molar-refractivity contribution in [3.05, 3.63) is 41.5 Å². The van der Waals surface area contributed by atoms with Gasteiger partial charge in [0, 0.05) is 32.2 Å². The van der Waals surface area contributed by atoms with Crippen LogP contribution in [0.5, 0.6) is 11.5 Å². The largest absolute Gasteiger partial charge is 0.467 e. The molecule has 5 nitrogen and oxygen atoms in total. The minimum absolute atomic E-state index is 0.111. The lowest BCUT2D eigenvalue weighted by atomic mass is 9.87. The maximum Gasteiger partial charge on any atom is 0.192 e. The summed E-state index contributed by atoms with van der Waals surface area (Å²) < 4.78 is 29.8. The number of allylic oxidation sites excluding steroid dienone is 2. The quantitative estimate of drug-likeness (QED) is 0.0982. The summed E-state index contributed by atoms with van der Waals surface area (Å²) in [4.78, 5) is 0. The lowest BCUT2D eigenvalue weighted by Crippen LogP contribution is -2.44. The maximum atomic E-state index is 6.82. The highest BCUT2D eigenvalue weighted by Crippen LogP contribution is 2.49. The summed E-state index contributed by atoms with van der Waals surface area (Å²) in [6.07, 6.45) is 7.94. The van der Waals surface area contributed by atoms with Crippen molar-refractivity contribution in [2.45, 2.75) is 97.9 Å². The number of unbranched alkanes of at least 4 members (excludes halogenated alkanes) is 2. The molecule has 1 aromatic carbocycles. The van der Waals surface area contributed by atoms with E-state index < -0.39 is 8.32 Å². The molecule has 1 aliphatic carbocycles. The fourth-order valence-corrected chi connectivity index (χ4v) is 6.18. The Morgan fingerprint density at radius 1 is 1.05 bits per heavy atom. The molecule has 0 radical (unpaired) electrons. The predicted octanol–water partition coefficient (Wildman–Crippen LogP) is 8.39. The monoisotopic (exact) mass is 532 g/mol. The van der Waals surface area contributed by atoms with Gasteiger partial charge in [-0.2, -0.15) is 0 Å². The van der Waals surface area contributed by atoms with E-state index in [1.54, 1.807) is 14.2 Å².